The Morgan fingerprint density at radius 2 is 2.18 bits per heavy atom. The molecule has 12 heteroatoms. The summed E-state index contributed by atoms with van der Waals surface area (Å²) in [6.07, 6.45) is 0.420. The third-order valence-corrected chi connectivity index (χ3v) is 9.21. The Balaban J connectivity index is 1.25. The van der Waals surface area contributed by atoms with E-state index in [1.165, 1.54) is 0 Å². The number of ether oxygens (including phenoxy) is 2. The van der Waals surface area contributed by atoms with Crippen LogP contribution in [0.15, 0.2) is 16.8 Å². The van der Waals surface area contributed by atoms with Gasteiger partial charge < -0.3 is 23.8 Å². The fourth-order valence-corrected chi connectivity index (χ4v) is 7.36. The first-order valence-electron chi connectivity index (χ1n) is 13.7. The van der Waals surface area contributed by atoms with Gasteiger partial charge in [0.2, 0.25) is 5.91 Å². The lowest BCUT2D eigenvalue weighted by molar-refractivity contribution is -0.143. The van der Waals surface area contributed by atoms with Gasteiger partial charge >= 0.3 is 12.2 Å². The summed E-state index contributed by atoms with van der Waals surface area (Å²) in [4.78, 5) is 26.6. The number of amides is 1. The van der Waals surface area contributed by atoms with E-state index < -0.39 is 17.2 Å². The third-order valence-electron chi connectivity index (χ3n) is 9.21. The highest BCUT2D eigenvalue weighted by Gasteiger charge is 2.59. The Bertz CT molecular complexity index is 1220. The van der Waals surface area contributed by atoms with Crippen LogP contribution in [0.5, 0.6) is 0 Å². The van der Waals surface area contributed by atoms with Crippen LogP contribution < -0.4 is 4.90 Å². The van der Waals surface area contributed by atoms with Crippen LogP contribution in [-0.2, 0) is 33.4 Å². The molecule has 3 aliphatic heterocycles. The molecule has 1 saturated carbocycles. The van der Waals surface area contributed by atoms with Crippen LogP contribution in [0.1, 0.15) is 48.3 Å². The van der Waals surface area contributed by atoms with Crippen LogP contribution in [0.3, 0.4) is 0 Å². The zero-order chi connectivity index (χ0) is 27.4. The number of methoxy groups -OCH3 is 1. The molecule has 5 heterocycles. The molecule has 2 saturated heterocycles. The van der Waals surface area contributed by atoms with Crippen LogP contribution in [0.25, 0.3) is 0 Å². The summed E-state index contributed by atoms with van der Waals surface area (Å²) in [7, 11) is 1.72. The summed E-state index contributed by atoms with van der Waals surface area (Å²) in [5, 5.41) is 3.93. The van der Waals surface area contributed by atoms with Crippen LogP contribution in [0.4, 0.5) is 19.2 Å². The fourth-order valence-electron chi connectivity index (χ4n) is 7.36. The molecule has 39 heavy (non-hydrogen) atoms. The van der Waals surface area contributed by atoms with Crippen LogP contribution >= 0.6 is 0 Å². The molecule has 0 aromatic carbocycles. The Morgan fingerprint density at radius 3 is 2.92 bits per heavy atom. The van der Waals surface area contributed by atoms with Crippen molar-refractivity contribution in [3.8, 4) is 0 Å². The van der Waals surface area contributed by atoms with Crippen molar-refractivity contribution in [3.05, 3.63) is 34.9 Å². The topological polar surface area (TPSA) is 93.8 Å². The number of alkyl halides is 3. The molecule has 0 spiro atoms. The second kappa shape index (κ2) is 10.0. The molecule has 9 nitrogen and oxygen atoms in total. The van der Waals surface area contributed by atoms with Gasteiger partial charge in [0.25, 0.3) is 0 Å². The number of hydrogen-bond acceptors (Lipinski definition) is 8. The van der Waals surface area contributed by atoms with Gasteiger partial charge in [-0.25, -0.2) is 0 Å². The highest BCUT2D eigenvalue weighted by Crippen LogP contribution is 2.55. The molecule has 3 fully saturated rings. The van der Waals surface area contributed by atoms with Crippen molar-refractivity contribution in [1.82, 2.24) is 20.0 Å². The van der Waals surface area contributed by atoms with Gasteiger partial charge in [-0.1, -0.05) is 5.16 Å². The number of rotatable bonds is 5. The van der Waals surface area contributed by atoms with Crippen molar-refractivity contribution in [1.29, 1.82) is 0 Å². The molecule has 6 rings (SSSR count). The van der Waals surface area contributed by atoms with E-state index in [2.05, 4.69) is 15.1 Å². The fraction of sp³-hybridized carbons (Fsp3) is 0.704. The highest BCUT2D eigenvalue weighted by atomic mass is 19.4. The monoisotopic (exact) mass is 549 g/mol. The van der Waals surface area contributed by atoms with Gasteiger partial charge in [-0.2, -0.15) is 18.2 Å². The zero-order valence-electron chi connectivity index (χ0n) is 22.2. The minimum absolute atomic E-state index is 0.00654. The van der Waals surface area contributed by atoms with Crippen molar-refractivity contribution in [2.45, 2.75) is 57.9 Å². The van der Waals surface area contributed by atoms with Gasteiger partial charge in [-0.15, -0.1) is 0 Å². The number of pyridine rings is 1. The van der Waals surface area contributed by atoms with Crippen molar-refractivity contribution in [2.75, 3.05) is 44.9 Å². The zero-order valence-corrected chi connectivity index (χ0v) is 22.2. The standard InChI is InChI=1S/C27H34F3N5O4/c1-16-32-25(39-33-16)35-13-21-8-17(7-18-4-6-38-14-23(18)37-2)10-26(21,15-35)24(36)34-5-3-22-19(12-34)9-20(11-31-22)27(28,29)30/h9,11,17-18,21,23H,3-8,10,12-15H2,1-2H3/t17-,18?,21+,23?,26+/m1/s1. The van der Waals surface area contributed by atoms with E-state index >= 15 is 0 Å². The van der Waals surface area contributed by atoms with Crippen LogP contribution in [-0.4, -0.2) is 72.0 Å². The molecule has 0 bridgehead atoms. The molecule has 2 unspecified atom stereocenters. The summed E-state index contributed by atoms with van der Waals surface area (Å²) < 4.78 is 56.9. The maximum atomic E-state index is 14.4. The summed E-state index contributed by atoms with van der Waals surface area (Å²) in [6.45, 7) is 4.73. The predicted octanol–water partition coefficient (Wildman–Crippen LogP) is 3.65. The lowest BCUT2D eigenvalue weighted by Gasteiger charge is -2.37. The van der Waals surface area contributed by atoms with Gasteiger partial charge in [-0.3, -0.25) is 9.78 Å². The van der Waals surface area contributed by atoms with Crippen molar-refractivity contribution >= 4 is 11.9 Å². The number of aryl methyl sites for hydroxylation is 1. The molecule has 2 aromatic rings. The number of carbonyl (C=O) groups is 1. The van der Waals surface area contributed by atoms with E-state index in [0.717, 1.165) is 44.6 Å². The van der Waals surface area contributed by atoms with E-state index in [1.807, 2.05) is 4.90 Å². The SMILES string of the molecule is COC1COCCC1C[C@@H]1C[C@H]2CN(c3nc(C)no3)C[C@@]2(C(=O)N2CCc3ncc(C(F)(F)F)cc3C2)C1. The molecular weight excluding hydrogens is 515 g/mol. The molecule has 212 valence electrons. The Morgan fingerprint density at radius 1 is 1.33 bits per heavy atom. The van der Waals surface area contributed by atoms with E-state index in [1.54, 1.807) is 18.9 Å². The first kappa shape index (κ1) is 26.5. The lowest BCUT2D eigenvalue weighted by atomic mass is 9.78. The molecular formula is C27H34F3N5O4. The van der Waals surface area contributed by atoms with Gasteiger partial charge in [0.05, 0.1) is 23.7 Å². The third kappa shape index (κ3) is 4.90. The van der Waals surface area contributed by atoms with Crippen molar-refractivity contribution < 1.29 is 32.0 Å². The van der Waals surface area contributed by atoms with Gasteiger partial charge in [0.15, 0.2) is 5.82 Å². The number of anilines is 1. The summed E-state index contributed by atoms with van der Waals surface area (Å²) in [5.41, 5.74) is -0.340. The second-order valence-corrected chi connectivity index (χ2v) is 11.6. The predicted molar refractivity (Wildman–Crippen MR) is 133 cm³/mol. The number of fused-ring (bicyclic) bond motifs is 2. The van der Waals surface area contributed by atoms with Crippen molar-refractivity contribution in [3.63, 3.8) is 0 Å². The molecule has 0 radical (unpaired) electrons. The largest absolute Gasteiger partial charge is 0.417 e. The normalized spacial score (nSPS) is 30.9. The lowest BCUT2D eigenvalue weighted by Crippen LogP contribution is -2.48. The van der Waals surface area contributed by atoms with Crippen LogP contribution in [0, 0.1) is 30.1 Å². The molecule has 1 aliphatic carbocycles. The van der Waals surface area contributed by atoms with Crippen LogP contribution in [0.2, 0.25) is 0 Å². The maximum absolute atomic E-state index is 14.4. The smallest absolute Gasteiger partial charge is 0.379 e. The summed E-state index contributed by atoms with van der Waals surface area (Å²) in [5.74, 6) is 1.35. The van der Waals surface area contributed by atoms with Gasteiger partial charge in [0.1, 0.15) is 0 Å². The quantitative estimate of drug-likeness (QED) is 0.558. The van der Waals surface area contributed by atoms with Gasteiger partial charge in [-0.05, 0) is 62.0 Å². The molecule has 2 aromatic heterocycles. The number of nitrogens with zero attached hydrogens (tertiary/aromatic N) is 5. The highest BCUT2D eigenvalue weighted by molar-refractivity contribution is 5.85. The first-order valence-corrected chi connectivity index (χ1v) is 13.7. The van der Waals surface area contributed by atoms with E-state index in [9.17, 15) is 18.0 Å². The minimum Gasteiger partial charge on any atom is -0.379 e. The Hall–Kier alpha value is -2.73. The average Bonchev–Trinajstić information content (AvgIpc) is 3.60. The van der Waals surface area contributed by atoms with Gasteiger partial charge in [0, 0.05) is 58.2 Å². The maximum Gasteiger partial charge on any atom is 0.417 e. The number of carbonyl (C=O) groups excluding carboxylic acids is 1. The Kier molecular flexibility index (Phi) is 6.81. The van der Waals surface area contributed by atoms with E-state index in [4.69, 9.17) is 14.0 Å². The minimum atomic E-state index is -4.48. The molecule has 1 amide bonds. The number of halogens is 3. The van der Waals surface area contributed by atoms with E-state index in [-0.39, 0.29) is 24.5 Å². The Labute approximate surface area is 225 Å². The van der Waals surface area contributed by atoms with E-state index in [0.29, 0.717) is 67.6 Å². The molecule has 5 atom stereocenters. The first-order chi connectivity index (χ1) is 18.7. The summed E-state index contributed by atoms with van der Waals surface area (Å²) in [6, 6.07) is 1.56. The van der Waals surface area contributed by atoms with Crippen molar-refractivity contribution in [2.24, 2.45) is 23.2 Å². The average molecular weight is 550 g/mol. The number of hydrogen-bond donors (Lipinski definition) is 0. The molecule has 4 aliphatic rings. The number of aromatic nitrogens is 3. The molecule has 0 N–H and O–H groups in total. The second-order valence-electron chi connectivity index (χ2n) is 11.6. The summed E-state index contributed by atoms with van der Waals surface area (Å²) >= 11 is 0.